The van der Waals surface area contributed by atoms with Gasteiger partial charge < -0.3 is 19.4 Å². The van der Waals surface area contributed by atoms with E-state index < -0.39 is 0 Å². The van der Waals surface area contributed by atoms with Crippen molar-refractivity contribution in [2.75, 3.05) is 38.7 Å². The second-order valence-corrected chi connectivity index (χ2v) is 6.98. The van der Waals surface area contributed by atoms with Crippen molar-refractivity contribution >= 4 is 23.5 Å². The SMILES string of the molecule is CCN(CC(=O)N(C)c1ccccc1C(=O)NCc1ccco1)CC(C)C(=O)OC. The molecule has 2 rings (SSSR count). The molecule has 1 aromatic carbocycles. The van der Waals surface area contributed by atoms with E-state index in [2.05, 4.69) is 5.32 Å². The first-order chi connectivity index (χ1) is 14.4. The number of rotatable bonds is 10. The van der Waals surface area contributed by atoms with Crippen LogP contribution < -0.4 is 10.2 Å². The molecule has 1 aromatic heterocycles. The van der Waals surface area contributed by atoms with Crippen LogP contribution in [0.4, 0.5) is 5.69 Å². The second kappa shape index (κ2) is 11.2. The van der Waals surface area contributed by atoms with Crippen LogP contribution in [0.3, 0.4) is 0 Å². The fourth-order valence-electron chi connectivity index (χ4n) is 3.03. The Kier molecular flexibility index (Phi) is 8.61. The van der Waals surface area contributed by atoms with E-state index in [9.17, 15) is 14.4 Å². The fourth-order valence-corrected chi connectivity index (χ4v) is 3.03. The number of nitrogens with one attached hydrogen (secondary N) is 1. The summed E-state index contributed by atoms with van der Waals surface area (Å²) in [6.07, 6.45) is 1.54. The number of hydrogen-bond acceptors (Lipinski definition) is 6. The van der Waals surface area contributed by atoms with Gasteiger partial charge in [0.2, 0.25) is 5.91 Å². The van der Waals surface area contributed by atoms with Crippen molar-refractivity contribution < 1.29 is 23.5 Å². The molecule has 8 heteroatoms. The van der Waals surface area contributed by atoms with E-state index in [0.29, 0.717) is 30.1 Å². The molecule has 0 bridgehead atoms. The van der Waals surface area contributed by atoms with E-state index in [1.165, 1.54) is 12.0 Å². The minimum atomic E-state index is -0.340. The average molecular weight is 415 g/mol. The number of para-hydroxylation sites is 1. The van der Waals surface area contributed by atoms with Gasteiger partial charge in [0.15, 0.2) is 0 Å². The molecule has 1 atom stereocenters. The predicted molar refractivity (Wildman–Crippen MR) is 113 cm³/mol. The van der Waals surface area contributed by atoms with Crippen molar-refractivity contribution in [3.8, 4) is 0 Å². The van der Waals surface area contributed by atoms with Gasteiger partial charge in [0, 0.05) is 13.6 Å². The van der Waals surface area contributed by atoms with Gasteiger partial charge in [-0.1, -0.05) is 26.0 Å². The Morgan fingerprint density at radius 3 is 2.53 bits per heavy atom. The summed E-state index contributed by atoms with van der Waals surface area (Å²) in [4.78, 5) is 40.6. The number of anilines is 1. The van der Waals surface area contributed by atoms with Crippen LogP contribution in [-0.2, 0) is 20.9 Å². The molecule has 8 nitrogen and oxygen atoms in total. The Hall–Kier alpha value is -3.13. The number of furan rings is 1. The van der Waals surface area contributed by atoms with Crippen LogP contribution in [0, 0.1) is 5.92 Å². The zero-order chi connectivity index (χ0) is 22.1. The fraction of sp³-hybridized carbons (Fsp3) is 0.409. The number of nitrogens with zero attached hydrogens (tertiary/aromatic N) is 2. The molecule has 0 saturated heterocycles. The third kappa shape index (κ3) is 6.18. The molecule has 30 heavy (non-hydrogen) atoms. The van der Waals surface area contributed by atoms with E-state index >= 15 is 0 Å². The Bertz CT molecular complexity index is 850. The third-order valence-corrected chi connectivity index (χ3v) is 4.83. The predicted octanol–water partition coefficient (Wildman–Crippen LogP) is 2.30. The second-order valence-electron chi connectivity index (χ2n) is 6.98. The first-order valence-electron chi connectivity index (χ1n) is 9.83. The van der Waals surface area contributed by atoms with Gasteiger partial charge in [0.25, 0.3) is 5.91 Å². The van der Waals surface area contributed by atoms with Gasteiger partial charge in [-0.3, -0.25) is 19.3 Å². The van der Waals surface area contributed by atoms with Gasteiger partial charge in [-0.05, 0) is 30.8 Å². The minimum absolute atomic E-state index is 0.122. The summed E-state index contributed by atoms with van der Waals surface area (Å²) >= 11 is 0. The monoisotopic (exact) mass is 415 g/mol. The molecule has 0 fully saturated rings. The molecular formula is C22H29N3O5. The zero-order valence-electron chi connectivity index (χ0n) is 17.9. The van der Waals surface area contributed by atoms with Gasteiger partial charge in [-0.2, -0.15) is 0 Å². The minimum Gasteiger partial charge on any atom is -0.469 e. The number of carbonyl (C=O) groups excluding carboxylic acids is 3. The number of amides is 2. The number of hydrogen-bond donors (Lipinski definition) is 1. The highest BCUT2D eigenvalue weighted by molar-refractivity contribution is 6.05. The highest BCUT2D eigenvalue weighted by Crippen LogP contribution is 2.20. The Labute approximate surface area is 176 Å². The first kappa shape index (κ1) is 23.2. The number of esters is 1. The highest BCUT2D eigenvalue weighted by atomic mass is 16.5. The van der Waals surface area contributed by atoms with Gasteiger partial charge in [0.1, 0.15) is 5.76 Å². The third-order valence-electron chi connectivity index (χ3n) is 4.83. The van der Waals surface area contributed by atoms with Crippen molar-refractivity contribution in [3.63, 3.8) is 0 Å². The van der Waals surface area contributed by atoms with Crippen molar-refractivity contribution in [2.45, 2.75) is 20.4 Å². The van der Waals surface area contributed by atoms with Gasteiger partial charge in [0.05, 0.1) is 43.6 Å². The summed E-state index contributed by atoms with van der Waals surface area (Å²) in [6, 6.07) is 10.5. The van der Waals surface area contributed by atoms with E-state index in [1.54, 1.807) is 56.6 Å². The van der Waals surface area contributed by atoms with E-state index in [1.807, 2.05) is 11.8 Å². The van der Waals surface area contributed by atoms with Crippen LogP contribution in [-0.4, -0.2) is 56.5 Å². The van der Waals surface area contributed by atoms with Crippen LogP contribution in [0.25, 0.3) is 0 Å². The topological polar surface area (TPSA) is 92.1 Å². The molecule has 1 N–H and O–H groups in total. The molecule has 2 aromatic rings. The van der Waals surface area contributed by atoms with Crippen molar-refractivity contribution in [3.05, 3.63) is 54.0 Å². The molecule has 0 aliphatic heterocycles. The molecule has 2 amide bonds. The summed E-state index contributed by atoms with van der Waals surface area (Å²) in [5, 5.41) is 2.80. The number of methoxy groups -OCH3 is 1. The van der Waals surface area contributed by atoms with Crippen molar-refractivity contribution in [1.29, 1.82) is 0 Å². The zero-order valence-corrected chi connectivity index (χ0v) is 17.9. The van der Waals surface area contributed by atoms with Crippen LogP contribution in [0.5, 0.6) is 0 Å². The molecule has 0 saturated carbocycles. The Morgan fingerprint density at radius 2 is 1.90 bits per heavy atom. The number of ether oxygens (including phenoxy) is 1. The summed E-state index contributed by atoms with van der Waals surface area (Å²) in [5.74, 6) is -0.488. The van der Waals surface area contributed by atoms with Gasteiger partial charge >= 0.3 is 5.97 Å². The maximum absolute atomic E-state index is 12.9. The Morgan fingerprint density at radius 1 is 1.17 bits per heavy atom. The van der Waals surface area contributed by atoms with Crippen LogP contribution in [0.1, 0.15) is 30.0 Å². The van der Waals surface area contributed by atoms with Crippen molar-refractivity contribution in [2.24, 2.45) is 5.92 Å². The lowest BCUT2D eigenvalue weighted by Crippen LogP contribution is -2.42. The molecule has 0 spiro atoms. The van der Waals surface area contributed by atoms with E-state index in [-0.39, 0.29) is 36.8 Å². The lowest BCUT2D eigenvalue weighted by atomic mass is 10.1. The standard InChI is InChI=1S/C22H29N3O5/c1-5-25(14-16(2)22(28)29-4)15-20(26)24(3)19-11-7-6-10-18(19)21(27)23-13-17-9-8-12-30-17/h6-12,16H,5,13-15H2,1-4H3,(H,23,27). The van der Waals surface area contributed by atoms with Crippen LogP contribution in [0.15, 0.2) is 47.1 Å². The normalized spacial score (nSPS) is 11.8. The summed E-state index contributed by atoms with van der Waals surface area (Å²) in [6.45, 7) is 5.08. The lowest BCUT2D eigenvalue weighted by molar-refractivity contribution is -0.145. The lowest BCUT2D eigenvalue weighted by Gasteiger charge is -2.26. The summed E-state index contributed by atoms with van der Waals surface area (Å²) in [7, 11) is 2.99. The number of carbonyl (C=O) groups is 3. The quantitative estimate of drug-likeness (QED) is 0.599. The molecule has 0 radical (unpaired) electrons. The first-order valence-corrected chi connectivity index (χ1v) is 9.83. The molecule has 1 heterocycles. The van der Waals surface area contributed by atoms with E-state index in [0.717, 1.165) is 0 Å². The maximum Gasteiger partial charge on any atom is 0.309 e. The molecule has 162 valence electrons. The van der Waals surface area contributed by atoms with Gasteiger partial charge in [-0.25, -0.2) is 0 Å². The number of likely N-dealkylation sites (N-methyl/N-ethyl adjacent to an activating group) is 2. The highest BCUT2D eigenvalue weighted by Gasteiger charge is 2.22. The molecule has 1 unspecified atom stereocenters. The smallest absolute Gasteiger partial charge is 0.309 e. The summed E-state index contributed by atoms with van der Waals surface area (Å²) < 4.78 is 9.99. The van der Waals surface area contributed by atoms with Crippen LogP contribution >= 0.6 is 0 Å². The maximum atomic E-state index is 12.9. The molecular weight excluding hydrogens is 386 g/mol. The Balaban J connectivity index is 2.06. The van der Waals surface area contributed by atoms with E-state index in [4.69, 9.17) is 9.15 Å². The van der Waals surface area contributed by atoms with Crippen LogP contribution in [0.2, 0.25) is 0 Å². The van der Waals surface area contributed by atoms with Crippen molar-refractivity contribution in [1.82, 2.24) is 10.2 Å². The molecule has 0 aliphatic rings. The average Bonchev–Trinajstić information content (AvgIpc) is 3.29. The number of benzene rings is 1. The van der Waals surface area contributed by atoms with Gasteiger partial charge in [-0.15, -0.1) is 0 Å². The summed E-state index contributed by atoms with van der Waals surface area (Å²) in [5.41, 5.74) is 0.905. The molecule has 0 aliphatic carbocycles. The largest absolute Gasteiger partial charge is 0.469 e.